The maximum Gasteiger partial charge on any atom is 0.229 e. The van der Waals surface area contributed by atoms with Gasteiger partial charge >= 0.3 is 0 Å². The van der Waals surface area contributed by atoms with Gasteiger partial charge in [0.05, 0.1) is 6.26 Å². The third-order valence-electron chi connectivity index (χ3n) is 2.17. The molecule has 0 saturated heterocycles. The lowest BCUT2D eigenvalue weighted by Gasteiger charge is -1.96. The van der Waals surface area contributed by atoms with E-state index in [2.05, 4.69) is 0 Å². The van der Waals surface area contributed by atoms with Crippen molar-refractivity contribution in [3.05, 3.63) is 45.5 Å². The second-order valence-electron chi connectivity index (χ2n) is 3.15. The van der Waals surface area contributed by atoms with Crippen molar-refractivity contribution in [2.24, 2.45) is 0 Å². The van der Waals surface area contributed by atoms with Gasteiger partial charge in [-0.05, 0) is 36.9 Å². The van der Waals surface area contributed by atoms with Crippen LogP contribution >= 0.6 is 11.3 Å². The highest BCUT2D eigenvalue weighted by atomic mass is 32.1. The Balaban J connectivity index is 2.44. The summed E-state index contributed by atoms with van der Waals surface area (Å²) in [5.74, 6) is 0.428. The quantitative estimate of drug-likeness (QED) is 0.706. The van der Waals surface area contributed by atoms with Crippen LogP contribution in [-0.4, -0.2) is 5.78 Å². The molecule has 0 aliphatic heterocycles. The summed E-state index contributed by atoms with van der Waals surface area (Å²) >= 11 is 1.57. The van der Waals surface area contributed by atoms with Gasteiger partial charge in [0.25, 0.3) is 0 Å². The van der Waals surface area contributed by atoms with Gasteiger partial charge in [-0.25, -0.2) is 0 Å². The van der Waals surface area contributed by atoms with E-state index in [1.54, 1.807) is 23.7 Å². The standard InChI is InChI=1S/C11H10O2S/c1-7-3-5-13-11(7)10(12)9-4-6-14-8(9)2/h3-6H,1-2H3. The summed E-state index contributed by atoms with van der Waals surface area (Å²) in [6, 6.07) is 3.64. The molecule has 14 heavy (non-hydrogen) atoms. The van der Waals surface area contributed by atoms with Crippen molar-refractivity contribution in [2.45, 2.75) is 13.8 Å². The first-order valence-electron chi connectivity index (χ1n) is 4.33. The molecule has 2 aromatic heterocycles. The van der Waals surface area contributed by atoms with Crippen LogP contribution in [0.2, 0.25) is 0 Å². The van der Waals surface area contributed by atoms with Gasteiger partial charge in [0.1, 0.15) is 0 Å². The molecule has 0 aromatic carbocycles. The average molecular weight is 206 g/mol. The molecule has 2 heterocycles. The van der Waals surface area contributed by atoms with E-state index in [0.717, 1.165) is 16.0 Å². The number of aryl methyl sites for hydroxylation is 2. The highest BCUT2D eigenvalue weighted by Crippen LogP contribution is 2.21. The van der Waals surface area contributed by atoms with E-state index in [-0.39, 0.29) is 5.78 Å². The molecule has 0 N–H and O–H groups in total. The number of ketones is 1. The zero-order valence-corrected chi connectivity index (χ0v) is 8.85. The normalized spacial score (nSPS) is 10.4. The summed E-state index contributed by atoms with van der Waals surface area (Å²) in [6.07, 6.45) is 1.55. The number of thiophene rings is 1. The molecule has 3 heteroatoms. The number of carbonyl (C=O) groups excluding carboxylic acids is 1. The summed E-state index contributed by atoms with van der Waals surface area (Å²) < 4.78 is 5.16. The molecule has 2 nitrogen and oxygen atoms in total. The number of hydrogen-bond donors (Lipinski definition) is 0. The van der Waals surface area contributed by atoms with Crippen molar-refractivity contribution < 1.29 is 9.21 Å². The maximum absolute atomic E-state index is 11.9. The van der Waals surface area contributed by atoms with Crippen LogP contribution in [-0.2, 0) is 0 Å². The zero-order chi connectivity index (χ0) is 10.1. The molecule has 0 aliphatic carbocycles. The minimum Gasteiger partial charge on any atom is -0.461 e. The molecule has 0 fully saturated rings. The lowest BCUT2D eigenvalue weighted by molar-refractivity contribution is 0.101. The fraction of sp³-hybridized carbons (Fsp3) is 0.182. The van der Waals surface area contributed by atoms with Crippen molar-refractivity contribution in [3.63, 3.8) is 0 Å². The van der Waals surface area contributed by atoms with E-state index in [9.17, 15) is 4.79 Å². The van der Waals surface area contributed by atoms with E-state index in [4.69, 9.17) is 4.42 Å². The van der Waals surface area contributed by atoms with Gasteiger partial charge in [0.15, 0.2) is 5.76 Å². The van der Waals surface area contributed by atoms with Gasteiger partial charge < -0.3 is 4.42 Å². The fourth-order valence-electron chi connectivity index (χ4n) is 1.35. The molecule has 2 aromatic rings. The van der Waals surface area contributed by atoms with Gasteiger partial charge in [-0.3, -0.25) is 4.79 Å². The minimum atomic E-state index is -0.0220. The molecule has 0 unspecified atom stereocenters. The topological polar surface area (TPSA) is 30.2 Å². The van der Waals surface area contributed by atoms with Crippen LogP contribution in [0.15, 0.2) is 28.2 Å². The molecular weight excluding hydrogens is 196 g/mol. The van der Waals surface area contributed by atoms with Crippen LogP contribution in [0.4, 0.5) is 0 Å². The maximum atomic E-state index is 11.9. The number of carbonyl (C=O) groups is 1. The molecule has 0 spiro atoms. The summed E-state index contributed by atoms with van der Waals surface area (Å²) in [6.45, 7) is 3.81. The van der Waals surface area contributed by atoms with Gasteiger partial charge in [0.2, 0.25) is 5.78 Å². The first-order chi connectivity index (χ1) is 6.70. The number of hydrogen-bond acceptors (Lipinski definition) is 3. The highest BCUT2D eigenvalue weighted by Gasteiger charge is 2.17. The van der Waals surface area contributed by atoms with Crippen molar-refractivity contribution in [1.29, 1.82) is 0 Å². The predicted octanol–water partition coefficient (Wildman–Crippen LogP) is 3.19. The Hall–Kier alpha value is -1.35. The van der Waals surface area contributed by atoms with Gasteiger partial charge in [-0.1, -0.05) is 0 Å². The SMILES string of the molecule is Cc1ccoc1C(=O)c1ccsc1C. The van der Waals surface area contributed by atoms with Gasteiger partial charge in [-0.2, -0.15) is 0 Å². The van der Waals surface area contributed by atoms with E-state index >= 15 is 0 Å². The van der Waals surface area contributed by atoms with Crippen molar-refractivity contribution in [2.75, 3.05) is 0 Å². The van der Waals surface area contributed by atoms with Crippen molar-refractivity contribution in [3.8, 4) is 0 Å². The molecule has 0 atom stereocenters. The molecule has 0 amide bonds. The molecule has 0 bridgehead atoms. The van der Waals surface area contributed by atoms with Crippen LogP contribution in [0.5, 0.6) is 0 Å². The molecule has 0 aliphatic rings. The van der Waals surface area contributed by atoms with Crippen LogP contribution in [0.25, 0.3) is 0 Å². The number of furan rings is 1. The Morgan fingerprint density at radius 3 is 2.64 bits per heavy atom. The summed E-state index contributed by atoms with van der Waals surface area (Å²) in [5, 5.41) is 1.92. The van der Waals surface area contributed by atoms with Crippen molar-refractivity contribution in [1.82, 2.24) is 0 Å². The Kier molecular flexibility index (Phi) is 2.25. The zero-order valence-electron chi connectivity index (χ0n) is 8.03. The second kappa shape index (κ2) is 3.42. The summed E-state index contributed by atoms with van der Waals surface area (Å²) in [7, 11) is 0. The predicted molar refractivity (Wildman–Crippen MR) is 55.9 cm³/mol. The Morgan fingerprint density at radius 2 is 2.14 bits per heavy atom. The summed E-state index contributed by atoms with van der Waals surface area (Å²) in [4.78, 5) is 13.0. The third kappa shape index (κ3) is 1.40. The minimum absolute atomic E-state index is 0.0220. The molecule has 72 valence electrons. The number of rotatable bonds is 2. The average Bonchev–Trinajstić information content (AvgIpc) is 2.73. The molecule has 2 rings (SSSR count). The van der Waals surface area contributed by atoms with E-state index in [1.165, 1.54) is 0 Å². The smallest absolute Gasteiger partial charge is 0.229 e. The van der Waals surface area contributed by atoms with Crippen LogP contribution in [0, 0.1) is 13.8 Å². The summed E-state index contributed by atoms with van der Waals surface area (Å²) in [5.41, 5.74) is 1.63. The van der Waals surface area contributed by atoms with Crippen molar-refractivity contribution >= 4 is 17.1 Å². The monoisotopic (exact) mass is 206 g/mol. The first kappa shape index (κ1) is 9.21. The lowest BCUT2D eigenvalue weighted by Crippen LogP contribution is -2.01. The molecule has 0 saturated carbocycles. The van der Waals surface area contributed by atoms with Gasteiger partial charge in [0, 0.05) is 10.4 Å². The first-order valence-corrected chi connectivity index (χ1v) is 5.21. The highest BCUT2D eigenvalue weighted by molar-refractivity contribution is 7.10. The third-order valence-corrected chi connectivity index (χ3v) is 3.02. The lowest BCUT2D eigenvalue weighted by atomic mass is 10.1. The van der Waals surface area contributed by atoms with Crippen LogP contribution < -0.4 is 0 Å². The fourth-order valence-corrected chi connectivity index (χ4v) is 2.04. The largest absolute Gasteiger partial charge is 0.461 e. The van der Waals surface area contributed by atoms with E-state index < -0.39 is 0 Å². The Labute approximate surface area is 86.2 Å². The van der Waals surface area contributed by atoms with Gasteiger partial charge in [-0.15, -0.1) is 11.3 Å². The Morgan fingerprint density at radius 1 is 1.36 bits per heavy atom. The molecular formula is C11H10O2S. The van der Waals surface area contributed by atoms with E-state index in [1.807, 2.05) is 25.3 Å². The Bertz CT molecular complexity index is 423. The second-order valence-corrected chi connectivity index (χ2v) is 4.27. The van der Waals surface area contributed by atoms with Crippen LogP contribution in [0.1, 0.15) is 26.6 Å². The van der Waals surface area contributed by atoms with Crippen LogP contribution in [0.3, 0.4) is 0 Å². The van der Waals surface area contributed by atoms with E-state index in [0.29, 0.717) is 5.76 Å². The molecule has 0 radical (unpaired) electrons.